The van der Waals surface area contributed by atoms with Crippen molar-refractivity contribution in [2.75, 3.05) is 13.2 Å². The molecule has 0 saturated carbocycles. The van der Waals surface area contributed by atoms with E-state index in [9.17, 15) is 0 Å². The van der Waals surface area contributed by atoms with E-state index in [1.165, 1.54) is 23.3 Å². The zero-order chi connectivity index (χ0) is 17.2. The molecule has 1 aromatic heterocycles. The summed E-state index contributed by atoms with van der Waals surface area (Å²) < 4.78 is 21.1. The Hall–Kier alpha value is -0.570. The monoisotopic (exact) mass is 406 g/mol. The molecule has 0 aliphatic carbocycles. The Bertz CT molecular complexity index is 692. The van der Waals surface area contributed by atoms with Crippen molar-refractivity contribution in [3.8, 4) is 5.19 Å². The second-order valence-corrected chi connectivity index (χ2v) is 8.20. The molecule has 0 N–H and O–H groups in total. The topological polar surface area (TPSA) is 53.5 Å². The summed E-state index contributed by atoms with van der Waals surface area (Å²) >= 11 is 14.7. The largest absolute Gasteiger partial charge is 0.466 e. The summed E-state index contributed by atoms with van der Waals surface area (Å²) in [6, 6.07) is 5.47. The fourth-order valence-corrected chi connectivity index (χ4v) is 4.17. The average molecular weight is 407 g/mol. The lowest BCUT2D eigenvalue weighted by atomic mass is 10.2. The molecule has 1 saturated heterocycles. The molecule has 0 radical (unpaired) electrons. The highest BCUT2D eigenvalue weighted by Gasteiger charge is 2.33. The van der Waals surface area contributed by atoms with E-state index < -0.39 is 5.79 Å². The third kappa shape index (κ3) is 5.21. The highest BCUT2D eigenvalue weighted by Crippen LogP contribution is 2.28. The van der Waals surface area contributed by atoms with Gasteiger partial charge in [-0.25, -0.2) is 0 Å². The summed E-state index contributed by atoms with van der Waals surface area (Å²) in [5.41, 5.74) is 1.02. The normalized spacial score (nSPS) is 19.6. The van der Waals surface area contributed by atoms with Gasteiger partial charge in [-0.05, 0) is 37.6 Å². The summed E-state index contributed by atoms with van der Waals surface area (Å²) in [5.74, 6) is 0.138. The minimum absolute atomic E-state index is 0.0893. The summed E-state index contributed by atoms with van der Waals surface area (Å²) in [7, 11) is 0. The van der Waals surface area contributed by atoms with Crippen molar-refractivity contribution in [2.24, 2.45) is 0 Å². The number of hydrogen-bond donors (Lipinski definition) is 0. The van der Waals surface area contributed by atoms with Gasteiger partial charge < -0.3 is 14.2 Å². The van der Waals surface area contributed by atoms with E-state index in [-0.39, 0.29) is 6.10 Å². The van der Waals surface area contributed by atoms with E-state index in [4.69, 9.17) is 37.4 Å². The summed E-state index contributed by atoms with van der Waals surface area (Å²) in [4.78, 5) is 4.35. The number of ether oxygens (including phenoxy) is 3. The van der Waals surface area contributed by atoms with Gasteiger partial charge in [0.1, 0.15) is 12.7 Å². The van der Waals surface area contributed by atoms with Gasteiger partial charge >= 0.3 is 0 Å². The van der Waals surface area contributed by atoms with Crippen molar-refractivity contribution in [3.05, 3.63) is 33.8 Å². The lowest BCUT2D eigenvalue weighted by molar-refractivity contribution is -0.141. The molecule has 1 unspecified atom stereocenters. The van der Waals surface area contributed by atoms with Crippen LogP contribution in [-0.2, 0) is 15.2 Å². The van der Waals surface area contributed by atoms with Gasteiger partial charge in [0.25, 0.3) is 5.19 Å². The van der Waals surface area contributed by atoms with Crippen LogP contribution >= 0.6 is 46.5 Å². The van der Waals surface area contributed by atoms with Gasteiger partial charge in [0, 0.05) is 27.3 Å². The van der Waals surface area contributed by atoms with Crippen LogP contribution in [0, 0.1) is 0 Å². The maximum Gasteiger partial charge on any atom is 0.294 e. The van der Waals surface area contributed by atoms with E-state index in [1.807, 2.05) is 26.0 Å². The molecule has 1 fully saturated rings. The number of hydrogen-bond acceptors (Lipinski definition) is 7. The Morgan fingerprint density at radius 1 is 1.33 bits per heavy atom. The van der Waals surface area contributed by atoms with Gasteiger partial charge in [-0.15, -0.1) is 0 Å². The Balaban J connectivity index is 1.48. The molecule has 1 atom stereocenters. The van der Waals surface area contributed by atoms with Crippen LogP contribution in [0.3, 0.4) is 0 Å². The molecule has 3 rings (SSSR count). The van der Waals surface area contributed by atoms with Gasteiger partial charge in [0.05, 0.1) is 6.61 Å². The van der Waals surface area contributed by atoms with Crippen LogP contribution in [0.5, 0.6) is 5.19 Å². The Kier molecular flexibility index (Phi) is 5.89. The molecule has 0 bridgehead atoms. The zero-order valence-corrected chi connectivity index (χ0v) is 16.3. The third-order valence-electron chi connectivity index (χ3n) is 3.14. The van der Waals surface area contributed by atoms with Crippen molar-refractivity contribution >= 4 is 46.5 Å². The van der Waals surface area contributed by atoms with E-state index in [2.05, 4.69) is 9.36 Å². The van der Waals surface area contributed by atoms with Gasteiger partial charge in [-0.2, -0.15) is 9.36 Å². The number of thioether (sulfide) groups is 1. The predicted molar refractivity (Wildman–Crippen MR) is 96.3 cm³/mol. The molecule has 1 aromatic carbocycles. The highest BCUT2D eigenvalue weighted by atomic mass is 35.5. The molecule has 1 aliphatic rings. The van der Waals surface area contributed by atoms with Crippen LogP contribution in [0.2, 0.25) is 10.0 Å². The third-order valence-corrected chi connectivity index (χ3v) is 5.24. The van der Waals surface area contributed by atoms with Crippen LogP contribution in [-0.4, -0.2) is 34.5 Å². The molecular weight excluding hydrogens is 391 g/mol. The summed E-state index contributed by atoms with van der Waals surface area (Å²) in [5, 5.41) is 2.43. The maximum absolute atomic E-state index is 5.99. The first kappa shape index (κ1) is 18.2. The standard InChI is InChI=1S/C15H16Cl2N2O3S2/c1-15(2)21-7-12(22-15)6-20-14-18-13(19-24-14)23-8-9-3-10(16)5-11(17)4-9/h3-5,12H,6-8H2,1-2H3. The Morgan fingerprint density at radius 3 is 2.75 bits per heavy atom. The van der Waals surface area contributed by atoms with Crippen LogP contribution < -0.4 is 4.74 Å². The lowest BCUT2D eigenvalue weighted by Crippen LogP contribution is -2.25. The molecule has 2 aromatic rings. The Labute approximate surface area is 158 Å². The number of halogens is 2. The van der Waals surface area contributed by atoms with Crippen molar-refractivity contribution in [3.63, 3.8) is 0 Å². The van der Waals surface area contributed by atoms with Crippen LogP contribution in [0.1, 0.15) is 19.4 Å². The zero-order valence-electron chi connectivity index (χ0n) is 13.1. The summed E-state index contributed by atoms with van der Waals surface area (Å²) in [6.45, 7) is 4.68. The maximum atomic E-state index is 5.99. The molecule has 9 heteroatoms. The molecule has 2 heterocycles. The minimum atomic E-state index is -0.547. The second-order valence-electron chi connectivity index (χ2n) is 5.67. The molecular formula is C15H16Cl2N2O3S2. The quantitative estimate of drug-likeness (QED) is 0.649. The van der Waals surface area contributed by atoms with Gasteiger partial charge in [0.2, 0.25) is 5.16 Å². The molecule has 0 spiro atoms. The van der Waals surface area contributed by atoms with Gasteiger partial charge in [-0.1, -0.05) is 35.0 Å². The minimum Gasteiger partial charge on any atom is -0.466 e. The molecule has 130 valence electrons. The first-order valence-corrected chi connectivity index (χ1v) is 9.77. The predicted octanol–water partition coefficient (Wildman–Crippen LogP) is 4.67. The number of aromatic nitrogens is 2. The van der Waals surface area contributed by atoms with Gasteiger partial charge in [0.15, 0.2) is 5.79 Å². The molecule has 24 heavy (non-hydrogen) atoms. The smallest absolute Gasteiger partial charge is 0.294 e. The van der Waals surface area contributed by atoms with Crippen LogP contribution in [0.4, 0.5) is 0 Å². The first-order valence-electron chi connectivity index (χ1n) is 7.26. The van der Waals surface area contributed by atoms with E-state index in [0.29, 0.717) is 39.4 Å². The van der Waals surface area contributed by atoms with E-state index >= 15 is 0 Å². The highest BCUT2D eigenvalue weighted by molar-refractivity contribution is 7.98. The molecule has 0 amide bonds. The van der Waals surface area contributed by atoms with Crippen LogP contribution in [0.15, 0.2) is 23.4 Å². The van der Waals surface area contributed by atoms with Crippen molar-refractivity contribution in [1.29, 1.82) is 0 Å². The number of benzene rings is 1. The van der Waals surface area contributed by atoms with Crippen LogP contribution in [0.25, 0.3) is 0 Å². The van der Waals surface area contributed by atoms with Crippen molar-refractivity contribution in [1.82, 2.24) is 9.36 Å². The van der Waals surface area contributed by atoms with E-state index in [0.717, 1.165) is 5.56 Å². The molecule has 5 nitrogen and oxygen atoms in total. The first-order chi connectivity index (χ1) is 11.4. The number of nitrogens with zero attached hydrogens (tertiary/aromatic N) is 2. The average Bonchev–Trinajstić information content (AvgIpc) is 3.08. The second kappa shape index (κ2) is 7.76. The SMILES string of the molecule is CC1(C)OCC(COc2nc(SCc3cc(Cl)cc(Cl)c3)ns2)O1. The summed E-state index contributed by atoms with van der Waals surface area (Å²) in [6.07, 6.45) is -0.0893. The fourth-order valence-electron chi connectivity index (χ4n) is 2.17. The van der Waals surface area contributed by atoms with E-state index in [1.54, 1.807) is 6.07 Å². The van der Waals surface area contributed by atoms with Gasteiger partial charge in [-0.3, -0.25) is 0 Å². The lowest BCUT2D eigenvalue weighted by Gasteiger charge is -2.16. The van der Waals surface area contributed by atoms with Crippen molar-refractivity contribution in [2.45, 2.75) is 36.6 Å². The Morgan fingerprint density at radius 2 is 2.08 bits per heavy atom. The van der Waals surface area contributed by atoms with Crippen molar-refractivity contribution < 1.29 is 14.2 Å². The fraction of sp³-hybridized carbons (Fsp3) is 0.467. The molecule has 1 aliphatic heterocycles. The number of rotatable bonds is 6.